The average molecular weight is 303 g/mol. The van der Waals surface area contributed by atoms with Crippen LogP contribution in [0.5, 0.6) is 5.75 Å². The highest BCUT2D eigenvalue weighted by atomic mass is 16.6. The minimum Gasteiger partial charge on any atom is -0.496 e. The highest BCUT2D eigenvalue weighted by Crippen LogP contribution is 2.21. The molecule has 0 saturated heterocycles. The van der Waals surface area contributed by atoms with Gasteiger partial charge in [0.2, 0.25) is 0 Å². The lowest BCUT2D eigenvalue weighted by Crippen LogP contribution is -2.25. The molecule has 0 spiro atoms. The molecule has 0 aliphatic carbocycles. The Hall–Kier alpha value is -3.16. The maximum Gasteiger partial charge on any atom is 0.357 e. The van der Waals surface area contributed by atoms with Crippen molar-refractivity contribution in [3.63, 3.8) is 0 Å². The van der Waals surface area contributed by atoms with Crippen LogP contribution in [-0.4, -0.2) is 22.0 Å². The van der Waals surface area contributed by atoms with E-state index in [2.05, 4.69) is 4.98 Å². The first-order valence-corrected chi connectivity index (χ1v) is 6.26. The van der Waals surface area contributed by atoms with Crippen molar-refractivity contribution in [1.29, 1.82) is 0 Å². The second-order valence-corrected chi connectivity index (χ2v) is 4.49. The topological polar surface area (TPSA) is 118 Å². The van der Waals surface area contributed by atoms with Gasteiger partial charge in [0.25, 0.3) is 0 Å². The first kappa shape index (κ1) is 15.2. The van der Waals surface area contributed by atoms with Crippen LogP contribution in [-0.2, 0) is 0 Å². The Bertz CT molecular complexity index is 864. The fraction of sp³-hybridized carbons (Fsp3) is 0.143. The number of nitrogens with zero attached hydrogens (tertiary/aromatic N) is 1. The lowest BCUT2D eigenvalue weighted by atomic mass is 10.1. The summed E-state index contributed by atoms with van der Waals surface area (Å²) in [5.41, 5.74) is -1.09. The summed E-state index contributed by atoms with van der Waals surface area (Å²) in [7, 11) is 1.54. The molecule has 114 valence electrons. The Labute approximate surface area is 124 Å². The molecule has 2 rings (SSSR count). The maximum absolute atomic E-state index is 11.5. The van der Waals surface area contributed by atoms with Gasteiger partial charge in [-0.1, -0.05) is 18.2 Å². The maximum atomic E-state index is 11.5. The van der Waals surface area contributed by atoms with Crippen molar-refractivity contribution in [2.24, 2.45) is 0 Å². The van der Waals surface area contributed by atoms with Crippen molar-refractivity contribution in [2.45, 2.75) is 6.92 Å². The summed E-state index contributed by atoms with van der Waals surface area (Å²) in [6.45, 7) is 1.88. The van der Waals surface area contributed by atoms with E-state index in [1.54, 1.807) is 18.2 Å². The van der Waals surface area contributed by atoms with E-state index in [0.717, 1.165) is 5.56 Å². The van der Waals surface area contributed by atoms with Crippen molar-refractivity contribution in [1.82, 2.24) is 9.97 Å². The predicted octanol–water partition coefficient (Wildman–Crippen LogP) is 1.46. The number of aromatic amines is 2. The number of rotatable bonds is 4. The van der Waals surface area contributed by atoms with Crippen LogP contribution in [0.15, 0.2) is 27.8 Å². The molecule has 0 fully saturated rings. The predicted molar refractivity (Wildman–Crippen MR) is 81.0 cm³/mol. The van der Waals surface area contributed by atoms with Crippen LogP contribution in [0.25, 0.3) is 12.2 Å². The third-order valence-electron chi connectivity index (χ3n) is 3.00. The monoisotopic (exact) mass is 303 g/mol. The van der Waals surface area contributed by atoms with Crippen molar-refractivity contribution < 1.29 is 9.66 Å². The molecule has 0 bridgehead atoms. The standard InChI is InChI=1S/C14H13N3O5/c1-8-3-4-9(7-11(8)22-2)5-6-10-12(17(20)21)13(18)16-14(19)15-10/h3-7H,1-2H3,(H2,15,16,18,19). The number of methoxy groups -OCH3 is 1. The molecule has 0 aliphatic rings. The smallest absolute Gasteiger partial charge is 0.357 e. The van der Waals surface area contributed by atoms with Gasteiger partial charge in [0.15, 0.2) is 0 Å². The molecule has 22 heavy (non-hydrogen) atoms. The molecule has 2 N–H and O–H groups in total. The van der Waals surface area contributed by atoms with Gasteiger partial charge in [-0.3, -0.25) is 19.9 Å². The summed E-state index contributed by atoms with van der Waals surface area (Å²) in [6, 6.07) is 5.35. The Kier molecular flexibility index (Phi) is 4.21. The number of nitro groups is 1. The number of aromatic nitrogens is 2. The molecule has 0 atom stereocenters. The zero-order valence-electron chi connectivity index (χ0n) is 11.9. The summed E-state index contributed by atoms with van der Waals surface area (Å²) in [4.78, 5) is 36.9. The van der Waals surface area contributed by atoms with Gasteiger partial charge in [-0.05, 0) is 30.2 Å². The van der Waals surface area contributed by atoms with Gasteiger partial charge in [0.05, 0.1) is 12.0 Å². The first-order valence-electron chi connectivity index (χ1n) is 6.26. The van der Waals surface area contributed by atoms with E-state index >= 15 is 0 Å². The Morgan fingerprint density at radius 3 is 2.59 bits per heavy atom. The molecule has 0 aliphatic heterocycles. The number of benzene rings is 1. The van der Waals surface area contributed by atoms with E-state index in [9.17, 15) is 19.7 Å². The Morgan fingerprint density at radius 2 is 1.95 bits per heavy atom. The Morgan fingerprint density at radius 1 is 1.23 bits per heavy atom. The molecule has 1 heterocycles. The average Bonchev–Trinajstić information content (AvgIpc) is 2.45. The van der Waals surface area contributed by atoms with Gasteiger partial charge in [0.1, 0.15) is 11.4 Å². The van der Waals surface area contributed by atoms with E-state index in [1.165, 1.54) is 13.2 Å². The summed E-state index contributed by atoms with van der Waals surface area (Å²) < 4.78 is 5.18. The summed E-state index contributed by atoms with van der Waals surface area (Å²) >= 11 is 0. The minimum absolute atomic E-state index is 0.168. The highest BCUT2D eigenvalue weighted by molar-refractivity contribution is 5.72. The largest absolute Gasteiger partial charge is 0.496 e. The lowest BCUT2D eigenvalue weighted by Gasteiger charge is -2.04. The van der Waals surface area contributed by atoms with Gasteiger partial charge in [-0.15, -0.1) is 0 Å². The molecule has 1 aromatic heterocycles. The van der Waals surface area contributed by atoms with E-state index < -0.39 is 21.9 Å². The van der Waals surface area contributed by atoms with Crippen LogP contribution < -0.4 is 16.0 Å². The van der Waals surface area contributed by atoms with Crippen LogP contribution in [0.4, 0.5) is 5.69 Å². The van der Waals surface area contributed by atoms with Crippen molar-refractivity contribution in [3.8, 4) is 5.75 Å². The molecule has 0 radical (unpaired) electrons. The van der Waals surface area contributed by atoms with E-state index in [1.807, 2.05) is 18.0 Å². The lowest BCUT2D eigenvalue weighted by molar-refractivity contribution is -0.386. The number of H-pyrrole nitrogens is 2. The van der Waals surface area contributed by atoms with Gasteiger partial charge in [0, 0.05) is 0 Å². The fourth-order valence-electron chi connectivity index (χ4n) is 1.92. The summed E-state index contributed by atoms with van der Waals surface area (Å²) in [5.74, 6) is 0.663. The minimum atomic E-state index is -1.05. The van der Waals surface area contributed by atoms with Crippen LogP contribution in [0, 0.1) is 17.0 Å². The number of aryl methyl sites for hydroxylation is 1. The van der Waals surface area contributed by atoms with Crippen LogP contribution in [0.3, 0.4) is 0 Å². The van der Waals surface area contributed by atoms with Crippen LogP contribution in [0.1, 0.15) is 16.8 Å². The zero-order chi connectivity index (χ0) is 16.3. The van der Waals surface area contributed by atoms with E-state index in [0.29, 0.717) is 11.3 Å². The van der Waals surface area contributed by atoms with Crippen molar-refractivity contribution >= 4 is 17.8 Å². The number of nitrogens with one attached hydrogen (secondary N) is 2. The molecule has 2 aromatic rings. The SMILES string of the molecule is COc1cc(C=Cc2[nH]c(=O)[nH]c(=O)c2[N+](=O)[O-])ccc1C. The molecular formula is C14H13N3O5. The van der Waals surface area contributed by atoms with Gasteiger partial charge >= 0.3 is 16.9 Å². The molecular weight excluding hydrogens is 290 g/mol. The normalized spacial score (nSPS) is 10.8. The summed E-state index contributed by atoms with van der Waals surface area (Å²) in [6.07, 6.45) is 2.85. The van der Waals surface area contributed by atoms with E-state index in [-0.39, 0.29) is 5.69 Å². The highest BCUT2D eigenvalue weighted by Gasteiger charge is 2.18. The molecule has 0 unspecified atom stereocenters. The third kappa shape index (κ3) is 3.11. The molecule has 8 heteroatoms. The van der Waals surface area contributed by atoms with Crippen LogP contribution in [0.2, 0.25) is 0 Å². The quantitative estimate of drug-likeness (QED) is 0.654. The number of hydrogen-bond donors (Lipinski definition) is 2. The molecule has 1 aromatic carbocycles. The second kappa shape index (κ2) is 6.08. The third-order valence-corrected chi connectivity index (χ3v) is 3.00. The van der Waals surface area contributed by atoms with Gasteiger partial charge < -0.3 is 9.72 Å². The molecule has 0 amide bonds. The van der Waals surface area contributed by atoms with Crippen LogP contribution >= 0.6 is 0 Å². The number of ether oxygens (including phenoxy) is 1. The summed E-state index contributed by atoms with van der Waals surface area (Å²) in [5, 5.41) is 10.9. The molecule has 0 saturated carbocycles. The second-order valence-electron chi connectivity index (χ2n) is 4.49. The number of hydrogen-bond acceptors (Lipinski definition) is 5. The van der Waals surface area contributed by atoms with Gasteiger partial charge in [-0.25, -0.2) is 4.79 Å². The first-order chi connectivity index (χ1) is 10.4. The molecule has 8 nitrogen and oxygen atoms in total. The van der Waals surface area contributed by atoms with E-state index in [4.69, 9.17) is 4.74 Å². The van der Waals surface area contributed by atoms with Crippen molar-refractivity contribution in [3.05, 3.63) is 66.0 Å². The zero-order valence-corrected chi connectivity index (χ0v) is 11.9. The fourth-order valence-corrected chi connectivity index (χ4v) is 1.92. The van der Waals surface area contributed by atoms with Crippen molar-refractivity contribution in [2.75, 3.05) is 7.11 Å². The van der Waals surface area contributed by atoms with Gasteiger partial charge in [-0.2, -0.15) is 0 Å². The Balaban J connectivity index is 2.49.